The normalized spacial score (nSPS) is 12.8. The van der Waals surface area contributed by atoms with Crippen LogP contribution in [0.2, 0.25) is 0 Å². The molecule has 0 fully saturated rings. The van der Waals surface area contributed by atoms with E-state index in [0.29, 0.717) is 5.82 Å². The van der Waals surface area contributed by atoms with Crippen LogP contribution in [-0.2, 0) is 5.41 Å². The van der Waals surface area contributed by atoms with Crippen LogP contribution in [0.25, 0.3) is 88.9 Å². The van der Waals surface area contributed by atoms with E-state index in [0.717, 1.165) is 71.9 Å². The molecule has 1 aliphatic carbocycles. The second kappa shape index (κ2) is 13.6. The van der Waals surface area contributed by atoms with E-state index in [1.165, 1.54) is 33.4 Å². The molecule has 2 aromatic heterocycles. The number of para-hydroxylation sites is 1. The molecule has 11 aromatic rings. The lowest BCUT2D eigenvalue weighted by Crippen LogP contribution is -2.28. The predicted molar refractivity (Wildman–Crippen MR) is 246 cm³/mol. The highest BCUT2D eigenvalue weighted by Gasteiger charge is 2.46. The van der Waals surface area contributed by atoms with Crippen molar-refractivity contribution in [1.82, 2.24) is 9.97 Å². The zero-order valence-electron chi connectivity index (χ0n) is 32.6. The first-order chi connectivity index (χ1) is 29.7. The Bertz CT molecular complexity index is 3380. The second-order valence-electron chi connectivity index (χ2n) is 15.6. The highest BCUT2D eigenvalue weighted by Crippen LogP contribution is 2.56. The van der Waals surface area contributed by atoms with Crippen molar-refractivity contribution in [1.29, 1.82) is 0 Å². The first kappa shape index (κ1) is 34.2. The molecule has 0 amide bonds. The van der Waals surface area contributed by atoms with Gasteiger partial charge in [-0.05, 0) is 79.5 Å². The van der Waals surface area contributed by atoms with Crippen molar-refractivity contribution < 1.29 is 4.42 Å². The largest absolute Gasteiger partial charge is 0.456 e. The minimum absolute atomic E-state index is 0.466. The van der Waals surface area contributed by atoms with Crippen LogP contribution in [0.15, 0.2) is 223 Å². The van der Waals surface area contributed by atoms with E-state index >= 15 is 0 Å². The quantitative estimate of drug-likeness (QED) is 0.169. The monoisotopic (exact) mass is 764 g/mol. The van der Waals surface area contributed by atoms with E-state index in [4.69, 9.17) is 14.4 Å². The van der Waals surface area contributed by atoms with Gasteiger partial charge in [-0.2, -0.15) is 0 Å². The van der Waals surface area contributed by atoms with E-state index in [9.17, 15) is 0 Å². The standard InChI is InChI=1S/C57H36N2O/c1-3-17-41(18-4-1)57(42-19-5-2-6-20-42)49-26-11-9-22-45(49)48-35-40(33-34-50(48)57)52-36-51(58-56(59-52)46-25-13-16-37-15-7-8-21-43(37)46)39-31-29-38(30-32-39)44-24-14-28-54-55(44)47-23-10-12-27-53(47)60-54/h1-36H. The lowest BCUT2D eigenvalue weighted by Gasteiger charge is -2.33. The molecule has 3 heteroatoms. The summed E-state index contributed by atoms with van der Waals surface area (Å²) in [5, 5.41) is 4.53. The lowest BCUT2D eigenvalue weighted by atomic mass is 9.67. The van der Waals surface area contributed by atoms with Gasteiger partial charge in [0.05, 0.1) is 16.8 Å². The molecule has 0 saturated heterocycles. The van der Waals surface area contributed by atoms with Crippen LogP contribution >= 0.6 is 0 Å². The Kier molecular flexibility index (Phi) is 7.76. The van der Waals surface area contributed by atoms with E-state index in [1.54, 1.807) is 0 Å². The molecule has 3 nitrogen and oxygen atoms in total. The van der Waals surface area contributed by atoms with E-state index in [1.807, 2.05) is 18.2 Å². The van der Waals surface area contributed by atoms with Crippen LogP contribution in [-0.4, -0.2) is 9.97 Å². The Hall–Kier alpha value is -7.88. The highest BCUT2D eigenvalue weighted by atomic mass is 16.3. The van der Waals surface area contributed by atoms with Crippen molar-refractivity contribution in [3.63, 3.8) is 0 Å². The summed E-state index contributed by atoms with van der Waals surface area (Å²) in [7, 11) is 0. The maximum Gasteiger partial charge on any atom is 0.161 e. The molecular formula is C57H36N2O. The van der Waals surface area contributed by atoms with Gasteiger partial charge in [0.25, 0.3) is 0 Å². The molecule has 280 valence electrons. The van der Waals surface area contributed by atoms with Crippen molar-refractivity contribution in [2.24, 2.45) is 0 Å². The molecule has 0 aliphatic heterocycles. The molecule has 0 radical (unpaired) electrons. The zero-order chi connectivity index (χ0) is 39.6. The van der Waals surface area contributed by atoms with E-state index in [2.05, 4.69) is 200 Å². The van der Waals surface area contributed by atoms with Crippen LogP contribution in [0, 0.1) is 0 Å². The number of aromatic nitrogens is 2. The van der Waals surface area contributed by atoms with Gasteiger partial charge in [-0.15, -0.1) is 0 Å². The van der Waals surface area contributed by atoms with Gasteiger partial charge in [-0.1, -0.05) is 194 Å². The summed E-state index contributed by atoms with van der Waals surface area (Å²) < 4.78 is 6.24. The van der Waals surface area contributed by atoms with Crippen LogP contribution in [0.1, 0.15) is 22.3 Å². The molecule has 0 spiro atoms. The fourth-order valence-corrected chi connectivity index (χ4v) is 9.73. The van der Waals surface area contributed by atoms with E-state index in [-0.39, 0.29) is 0 Å². The summed E-state index contributed by atoms with van der Waals surface area (Å²) in [6.45, 7) is 0. The molecule has 0 bridgehead atoms. The summed E-state index contributed by atoms with van der Waals surface area (Å²) in [5.41, 5.74) is 15.9. The van der Waals surface area contributed by atoms with Crippen molar-refractivity contribution in [2.45, 2.75) is 5.41 Å². The minimum atomic E-state index is -0.466. The van der Waals surface area contributed by atoms with Gasteiger partial charge in [-0.25, -0.2) is 9.97 Å². The first-order valence-corrected chi connectivity index (χ1v) is 20.5. The molecule has 9 aromatic carbocycles. The third-order valence-corrected chi connectivity index (χ3v) is 12.4. The van der Waals surface area contributed by atoms with Crippen molar-refractivity contribution in [2.75, 3.05) is 0 Å². The van der Waals surface area contributed by atoms with Gasteiger partial charge in [0.15, 0.2) is 5.82 Å². The number of furan rings is 1. The highest BCUT2D eigenvalue weighted by molar-refractivity contribution is 6.12. The smallest absolute Gasteiger partial charge is 0.161 e. The van der Waals surface area contributed by atoms with Gasteiger partial charge in [0.2, 0.25) is 0 Å². The Labute approximate surface area is 347 Å². The van der Waals surface area contributed by atoms with Crippen molar-refractivity contribution in [3.05, 3.63) is 241 Å². The maximum atomic E-state index is 6.24. The number of hydrogen-bond acceptors (Lipinski definition) is 3. The lowest BCUT2D eigenvalue weighted by molar-refractivity contribution is 0.669. The van der Waals surface area contributed by atoms with Crippen molar-refractivity contribution >= 4 is 32.7 Å². The maximum absolute atomic E-state index is 6.24. The number of hydrogen-bond donors (Lipinski definition) is 0. The SMILES string of the molecule is c1ccc(C2(c3ccccc3)c3ccccc3-c3cc(-c4cc(-c5ccc(-c6cccc7oc8ccccc8c67)cc5)nc(-c5cccc6ccccc56)n4)ccc32)cc1. The van der Waals surface area contributed by atoms with Crippen molar-refractivity contribution in [3.8, 4) is 56.2 Å². The van der Waals surface area contributed by atoms with Gasteiger partial charge >= 0.3 is 0 Å². The third-order valence-electron chi connectivity index (χ3n) is 12.4. The molecule has 2 heterocycles. The summed E-state index contributed by atoms with van der Waals surface area (Å²) in [6.07, 6.45) is 0. The predicted octanol–water partition coefficient (Wildman–Crippen LogP) is 14.6. The number of fused-ring (bicyclic) bond motifs is 7. The molecule has 0 unspecified atom stereocenters. The average molecular weight is 765 g/mol. The molecular weight excluding hydrogens is 729 g/mol. The number of nitrogens with zero attached hydrogens (tertiary/aromatic N) is 2. The molecule has 12 rings (SSSR count). The molecule has 1 aliphatic rings. The van der Waals surface area contributed by atoms with Gasteiger partial charge in [0, 0.05) is 27.5 Å². The molecule has 0 N–H and O–H groups in total. The molecule has 60 heavy (non-hydrogen) atoms. The third kappa shape index (κ3) is 5.23. The molecule has 0 atom stereocenters. The summed E-state index contributed by atoms with van der Waals surface area (Å²) >= 11 is 0. The Morgan fingerprint density at radius 1 is 0.350 bits per heavy atom. The fraction of sp³-hybridized carbons (Fsp3) is 0.0175. The zero-order valence-corrected chi connectivity index (χ0v) is 32.6. The average Bonchev–Trinajstić information content (AvgIpc) is 3.86. The van der Waals surface area contributed by atoms with Gasteiger partial charge in [-0.3, -0.25) is 0 Å². The Morgan fingerprint density at radius 2 is 0.900 bits per heavy atom. The number of benzene rings is 9. The number of rotatable bonds is 6. The first-order valence-electron chi connectivity index (χ1n) is 20.5. The second-order valence-corrected chi connectivity index (χ2v) is 15.6. The Balaban J connectivity index is 1.04. The van der Waals surface area contributed by atoms with Crippen LogP contribution in [0.4, 0.5) is 0 Å². The van der Waals surface area contributed by atoms with Gasteiger partial charge in [0.1, 0.15) is 11.2 Å². The van der Waals surface area contributed by atoms with E-state index < -0.39 is 5.41 Å². The van der Waals surface area contributed by atoms with Crippen LogP contribution in [0.3, 0.4) is 0 Å². The Morgan fingerprint density at radius 3 is 1.70 bits per heavy atom. The summed E-state index contributed by atoms with van der Waals surface area (Å²) in [6, 6.07) is 78.0. The topological polar surface area (TPSA) is 38.9 Å². The van der Waals surface area contributed by atoms with Crippen LogP contribution in [0.5, 0.6) is 0 Å². The van der Waals surface area contributed by atoms with Gasteiger partial charge < -0.3 is 4.42 Å². The summed E-state index contributed by atoms with van der Waals surface area (Å²) in [5.74, 6) is 0.696. The molecule has 0 saturated carbocycles. The fourth-order valence-electron chi connectivity index (χ4n) is 9.73. The summed E-state index contributed by atoms with van der Waals surface area (Å²) in [4.78, 5) is 10.7. The minimum Gasteiger partial charge on any atom is -0.456 e. The van der Waals surface area contributed by atoms with Crippen LogP contribution < -0.4 is 0 Å².